The third kappa shape index (κ3) is 3.39. The van der Waals surface area contributed by atoms with Crippen LogP contribution < -0.4 is 10.2 Å². The molecule has 8 heteroatoms. The third-order valence-corrected chi connectivity index (χ3v) is 4.79. The van der Waals surface area contributed by atoms with E-state index in [0.717, 1.165) is 36.8 Å². The fourth-order valence-electron chi connectivity index (χ4n) is 3.42. The fourth-order valence-corrected chi connectivity index (χ4v) is 3.42. The molecule has 0 aromatic carbocycles. The quantitative estimate of drug-likeness (QED) is 0.760. The molecule has 3 aromatic heterocycles. The second kappa shape index (κ2) is 6.68. The molecule has 4 heterocycles. The van der Waals surface area contributed by atoms with Gasteiger partial charge in [-0.3, -0.25) is 4.79 Å². The molecule has 1 unspecified atom stereocenters. The van der Waals surface area contributed by atoms with Crippen LogP contribution in [0.1, 0.15) is 45.2 Å². The number of nitrogens with zero attached hydrogens (tertiary/aromatic N) is 5. The summed E-state index contributed by atoms with van der Waals surface area (Å²) in [5.41, 5.74) is 0.539. The second-order valence-electron chi connectivity index (χ2n) is 7.88. The number of anilines is 1. The zero-order valence-electron chi connectivity index (χ0n) is 15.8. The molecule has 3 aromatic rings. The number of nitrogens with one attached hydrogen (secondary N) is 1. The summed E-state index contributed by atoms with van der Waals surface area (Å²) in [5.74, 6) is 2.30. The van der Waals surface area contributed by atoms with E-state index in [-0.39, 0.29) is 17.4 Å². The Morgan fingerprint density at radius 2 is 2.15 bits per heavy atom. The van der Waals surface area contributed by atoms with Gasteiger partial charge in [0.15, 0.2) is 11.5 Å². The standard InChI is InChI=1S/C19H24N6O2/c1-19(2,3)18-22-21-15-8-9-16(23-25(15)18)24-10-4-7-14(24)17(26)20-12-13-6-5-11-27-13/h5-6,8-9,11,14H,4,7,10,12H2,1-3H3,(H,20,26). The monoisotopic (exact) mass is 368 g/mol. The van der Waals surface area contributed by atoms with E-state index in [1.165, 1.54) is 0 Å². The Morgan fingerprint density at radius 1 is 1.30 bits per heavy atom. The van der Waals surface area contributed by atoms with Crippen molar-refractivity contribution >= 4 is 17.4 Å². The Bertz CT molecular complexity index is 941. The molecule has 8 nitrogen and oxygen atoms in total. The largest absolute Gasteiger partial charge is 0.467 e. The van der Waals surface area contributed by atoms with Crippen LogP contribution >= 0.6 is 0 Å². The average Bonchev–Trinajstić information content (AvgIpc) is 3.38. The highest BCUT2D eigenvalue weighted by Gasteiger charge is 2.32. The predicted octanol–water partition coefficient (Wildman–Crippen LogP) is 2.30. The molecule has 0 bridgehead atoms. The van der Waals surface area contributed by atoms with Crippen molar-refractivity contribution in [1.29, 1.82) is 0 Å². The molecule has 0 spiro atoms. The first-order chi connectivity index (χ1) is 12.9. The van der Waals surface area contributed by atoms with Crippen LogP contribution in [0.5, 0.6) is 0 Å². The lowest BCUT2D eigenvalue weighted by Gasteiger charge is -2.25. The lowest BCUT2D eigenvalue weighted by atomic mass is 9.96. The summed E-state index contributed by atoms with van der Waals surface area (Å²) >= 11 is 0. The van der Waals surface area contributed by atoms with Gasteiger partial charge in [0.1, 0.15) is 17.6 Å². The minimum atomic E-state index is -0.237. The van der Waals surface area contributed by atoms with Crippen molar-refractivity contribution in [2.24, 2.45) is 0 Å². The summed E-state index contributed by atoms with van der Waals surface area (Å²) in [7, 11) is 0. The molecule has 1 aliphatic heterocycles. The molecule has 4 rings (SSSR count). The summed E-state index contributed by atoms with van der Waals surface area (Å²) in [6.45, 7) is 7.43. The number of amides is 1. The molecule has 1 amide bonds. The Hall–Kier alpha value is -2.90. The third-order valence-electron chi connectivity index (χ3n) is 4.79. The molecule has 1 saturated heterocycles. The van der Waals surface area contributed by atoms with Gasteiger partial charge < -0.3 is 14.6 Å². The average molecular weight is 368 g/mol. The van der Waals surface area contributed by atoms with E-state index < -0.39 is 0 Å². The second-order valence-corrected chi connectivity index (χ2v) is 7.88. The highest BCUT2D eigenvalue weighted by atomic mass is 16.3. The van der Waals surface area contributed by atoms with E-state index in [9.17, 15) is 4.79 Å². The highest BCUT2D eigenvalue weighted by Crippen LogP contribution is 2.26. The summed E-state index contributed by atoms with van der Waals surface area (Å²) < 4.78 is 7.07. The van der Waals surface area contributed by atoms with Gasteiger partial charge in [0.25, 0.3) is 0 Å². The van der Waals surface area contributed by atoms with E-state index >= 15 is 0 Å². The SMILES string of the molecule is CC(C)(C)c1nnc2ccc(N3CCCC3C(=O)NCc3ccco3)nn12. The number of hydrogen-bond acceptors (Lipinski definition) is 6. The van der Waals surface area contributed by atoms with Gasteiger partial charge in [-0.05, 0) is 37.1 Å². The van der Waals surface area contributed by atoms with E-state index in [4.69, 9.17) is 9.52 Å². The maximum absolute atomic E-state index is 12.7. The van der Waals surface area contributed by atoms with Gasteiger partial charge in [0, 0.05) is 12.0 Å². The number of carbonyl (C=O) groups is 1. The molecule has 0 radical (unpaired) electrons. The number of fused-ring (bicyclic) bond motifs is 1. The van der Waals surface area contributed by atoms with E-state index in [1.54, 1.807) is 10.8 Å². The van der Waals surface area contributed by atoms with Crippen molar-refractivity contribution in [2.45, 2.75) is 51.6 Å². The minimum Gasteiger partial charge on any atom is -0.467 e. The molecule has 142 valence electrons. The first kappa shape index (κ1) is 17.5. The Morgan fingerprint density at radius 3 is 2.89 bits per heavy atom. The van der Waals surface area contributed by atoms with Crippen molar-refractivity contribution in [3.05, 3.63) is 42.1 Å². The van der Waals surface area contributed by atoms with Gasteiger partial charge in [-0.1, -0.05) is 20.8 Å². The van der Waals surface area contributed by atoms with Gasteiger partial charge >= 0.3 is 0 Å². The van der Waals surface area contributed by atoms with Crippen molar-refractivity contribution in [1.82, 2.24) is 25.1 Å². The van der Waals surface area contributed by atoms with E-state index in [2.05, 4.69) is 41.2 Å². The van der Waals surface area contributed by atoms with Crippen molar-refractivity contribution in [3.63, 3.8) is 0 Å². The Labute approximate surface area is 157 Å². The van der Waals surface area contributed by atoms with Gasteiger partial charge in [0.05, 0.1) is 12.8 Å². The molecular formula is C19H24N6O2. The number of furan rings is 1. The van der Waals surface area contributed by atoms with Gasteiger partial charge in [-0.2, -0.15) is 4.52 Å². The first-order valence-corrected chi connectivity index (χ1v) is 9.23. The molecule has 27 heavy (non-hydrogen) atoms. The first-order valence-electron chi connectivity index (χ1n) is 9.23. The molecular weight excluding hydrogens is 344 g/mol. The zero-order valence-corrected chi connectivity index (χ0v) is 15.8. The van der Waals surface area contributed by atoms with Crippen LogP contribution in [0.3, 0.4) is 0 Å². The molecule has 1 fully saturated rings. The topological polar surface area (TPSA) is 88.6 Å². The zero-order chi connectivity index (χ0) is 19.0. The van der Waals surface area contributed by atoms with Crippen molar-refractivity contribution in [2.75, 3.05) is 11.4 Å². The van der Waals surface area contributed by atoms with E-state index in [0.29, 0.717) is 12.2 Å². The molecule has 0 saturated carbocycles. The number of hydrogen-bond donors (Lipinski definition) is 1. The molecule has 0 aliphatic carbocycles. The summed E-state index contributed by atoms with van der Waals surface area (Å²) in [6.07, 6.45) is 3.36. The smallest absolute Gasteiger partial charge is 0.243 e. The maximum Gasteiger partial charge on any atom is 0.243 e. The lowest BCUT2D eigenvalue weighted by Crippen LogP contribution is -2.43. The predicted molar refractivity (Wildman–Crippen MR) is 100 cm³/mol. The van der Waals surface area contributed by atoms with Crippen LogP contribution in [0.15, 0.2) is 34.9 Å². The molecule has 1 aliphatic rings. The van der Waals surface area contributed by atoms with Crippen LogP contribution in [-0.2, 0) is 16.8 Å². The molecule has 1 atom stereocenters. The van der Waals surface area contributed by atoms with Crippen LogP contribution in [0, 0.1) is 0 Å². The molecule has 1 N–H and O–H groups in total. The van der Waals surface area contributed by atoms with Crippen molar-refractivity contribution in [3.8, 4) is 0 Å². The van der Waals surface area contributed by atoms with Crippen LogP contribution in [-0.4, -0.2) is 38.3 Å². The van der Waals surface area contributed by atoms with Gasteiger partial charge in [0.2, 0.25) is 5.91 Å². The highest BCUT2D eigenvalue weighted by molar-refractivity contribution is 5.85. The van der Waals surface area contributed by atoms with Gasteiger partial charge in [-0.25, -0.2) is 0 Å². The number of rotatable bonds is 4. The number of aromatic nitrogens is 4. The van der Waals surface area contributed by atoms with Gasteiger partial charge in [-0.15, -0.1) is 15.3 Å². The Balaban J connectivity index is 1.57. The van der Waals surface area contributed by atoms with Crippen LogP contribution in [0.2, 0.25) is 0 Å². The van der Waals surface area contributed by atoms with Crippen LogP contribution in [0.4, 0.5) is 5.82 Å². The fraction of sp³-hybridized carbons (Fsp3) is 0.474. The Kier molecular flexibility index (Phi) is 4.33. The summed E-state index contributed by atoms with van der Waals surface area (Å²) in [6, 6.07) is 7.24. The van der Waals surface area contributed by atoms with Crippen LogP contribution in [0.25, 0.3) is 5.65 Å². The maximum atomic E-state index is 12.7. The normalized spacial score (nSPS) is 17.6. The lowest BCUT2D eigenvalue weighted by molar-refractivity contribution is -0.122. The summed E-state index contributed by atoms with van der Waals surface area (Å²) in [4.78, 5) is 14.8. The summed E-state index contributed by atoms with van der Waals surface area (Å²) in [5, 5.41) is 16.2. The minimum absolute atomic E-state index is 0.00871. The van der Waals surface area contributed by atoms with E-state index in [1.807, 2.05) is 24.3 Å². The van der Waals surface area contributed by atoms with Crippen molar-refractivity contribution < 1.29 is 9.21 Å². The number of carbonyl (C=O) groups excluding carboxylic acids is 1.